The average molecular weight is 133 g/mol. The molecule has 0 amide bonds. The summed E-state index contributed by atoms with van der Waals surface area (Å²) >= 11 is 0. The molecule has 2 heteroatoms. The second kappa shape index (κ2) is 4.74. The Balaban J connectivity index is 0.000000291. The van der Waals surface area contributed by atoms with Crippen LogP contribution >= 0.6 is 0 Å². The summed E-state index contributed by atoms with van der Waals surface area (Å²) < 4.78 is 12.1. The Morgan fingerprint density at radius 2 is 2.00 bits per heavy atom. The van der Waals surface area contributed by atoms with E-state index >= 15 is 0 Å². The Morgan fingerprint density at radius 1 is 1.44 bits per heavy atom. The third-order valence-electron chi connectivity index (χ3n) is 1.33. The van der Waals surface area contributed by atoms with E-state index in [1.54, 1.807) is 0 Å². The molecule has 0 spiro atoms. The molecular weight excluding hydrogens is 117 g/mol. The Morgan fingerprint density at radius 3 is 2.11 bits per heavy atom. The van der Waals surface area contributed by atoms with Crippen molar-refractivity contribution < 1.29 is 4.39 Å². The van der Waals surface area contributed by atoms with Crippen LogP contribution in [-0.4, -0.2) is 31.2 Å². The van der Waals surface area contributed by atoms with Gasteiger partial charge in [-0.1, -0.05) is 13.8 Å². The predicted molar refractivity (Wildman–Crippen MR) is 38.4 cm³/mol. The number of hydrogen-bond donors (Lipinski definition) is 0. The lowest BCUT2D eigenvalue weighted by atomic mass is 10.4. The number of hydrogen-bond acceptors (Lipinski definition) is 1. The number of nitrogens with zero attached hydrogens (tertiary/aromatic N) is 1. The fraction of sp³-hybridized carbons (Fsp3) is 1.00. The van der Waals surface area contributed by atoms with Crippen LogP contribution < -0.4 is 0 Å². The fourth-order valence-electron chi connectivity index (χ4n) is 0.881. The summed E-state index contributed by atoms with van der Waals surface area (Å²) in [5, 5.41) is 0. The minimum Gasteiger partial charge on any atom is -0.303 e. The first-order chi connectivity index (χ1) is 4.29. The second-order valence-corrected chi connectivity index (χ2v) is 2.15. The highest BCUT2D eigenvalue weighted by Crippen LogP contribution is 2.08. The van der Waals surface area contributed by atoms with E-state index in [0.29, 0.717) is 6.54 Å². The van der Waals surface area contributed by atoms with Gasteiger partial charge in [-0.15, -0.1) is 0 Å². The van der Waals surface area contributed by atoms with E-state index in [1.807, 2.05) is 25.8 Å². The highest BCUT2D eigenvalue weighted by molar-refractivity contribution is 4.70. The van der Waals surface area contributed by atoms with Crippen LogP contribution in [0.4, 0.5) is 4.39 Å². The third kappa shape index (κ3) is 3.46. The van der Waals surface area contributed by atoms with Crippen molar-refractivity contribution in [2.24, 2.45) is 0 Å². The summed E-state index contributed by atoms with van der Waals surface area (Å²) in [5.74, 6) is 0. The third-order valence-corrected chi connectivity index (χ3v) is 1.33. The SMILES string of the molecule is CC.CN1CC[C@H](F)C1. The maximum Gasteiger partial charge on any atom is 0.114 e. The lowest BCUT2D eigenvalue weighted by Gasteiger charge is -2.01. The summed E-state index contributed by atoms with van der Waals surface area (Å²) in [7, 11) is 1.94. The molecule has 0 aliphatic carbocycles. The maximum atomic E-state index is 12.1. The van der Waals surface area contributed by atoms with Gasteiger partial charge in [0.1, 0.15) is 6.17 Å². The molecule has 0 bridgehead atoms. The molecule has 1 fully saturated rings. The van der Waals surface area contributed by atoms with Crippen LogP contribution in [0.3, 0.4) is 0 Å². The number of likely N-dealkylation sites (tertiary alicyclic amines) is 1. The molecule has 0 aromatic heterocycles. The molecule has 1 aliphatic rings. The van der Waals surface area contributed by atoms with E-state index in [9.17, 15) is 4.39 Å². The minimum atomic E-state index is -0.551. The summed E-state index contributed by atoms with van der Waals surface area (Å²) in [4.78, 5) is 2.00. The highest BCUT2D eigenvalue weighted by atomic mass is 19.1. The van der Waals surface area contributed by atoms with Gasteiger partial charge in [-0.3, -0.25) is 0 Å². The van der Waals surface area contributed by atoms with Gasteiger partial charge in [0.2, 0.25) is 0 Å². The first-order valence-corrected chi connectivity index (χ1v) is 3.61. The van der Waals surface area contributed by atoms with Crippen molar-refractivity contribution in [3.8, 4) is 0 Å². The standard InChI is InChI=1S/C5H10FN.C2H6/c1-7-3-2-5(6)4-7;1-2/h5H,2-4H2,1H3;1-2H3/t5-;/m0./s1. The number of alkyl halides is 1. The van der Waals surface area contributed by atoms with Gasteiger partial charge < -0.3 is 4.90 Å². The van der Waals surface area contributed by atoms with Crippen LogP contribution in [0.15, 0.2) is 0 Å². The average Bonchev–Trinajstić information content (AvgIpc) is 2.20. The Kier molecular flexibility index (Phi) is 4.68. The minimum absolute atomic E-state index is 0.551. The molecular formula is C7H16FN. The summed E-state index contributed by atoms with van der Waals surface area (Å²) in [6, 6.07) is 0. The molecule has 1 heterocycles. The van der Waals surface area contributed by atoms with Crippen molar-refractivity contribution in [2.45, 2.75) is 26.4 Å². The van der Waals surface area contributed by atoms with Gasteiger partial charge in [-0.05, 0) is 13.5 Å². The van der Waals surface area contributed by atoms with Crippen molar-refractivity contribution in [3.05, 3.63) is 0 Å². The van der Waals surface area contributed by atoms with E-state index in [1.165, 1.54) is 0 Å². The van der Waals surface area contributed by atoms with Crippen LogP contribution in [0.5, 0.6) is 0 Å². The van der Waals surface area contributed by atoms with Gasteiger partial charge in [0, 0.05) is 13.1 Å². The van der Waals surface area contributed by atoms with Gasteiger partial charge in [-0.25, -0.2) is 4.39 Å². The van der Waals surface area contributed by atoms with Crippen molar-refractivity contribution >= 4 is 0 Å². The van der Waals surface area contributed by atoms with E-state index in [2.05, 4.69) is 0 Å². The molecule has 0 N–H and O–H groups in total. The molecule has 0 aromatic rings. The van der Waals surface area contributed by atoms with E-state index in [0.717, 1.165) is 13.0 Å². The van der Waals surface area contributed by atoms with Crippen molar-refractivity contribution in [1.29, 1.82) is 0 Å². The van der Waals surface area contributed by atoms with Crippen molar-refractivity contribution in [3.63, 3.8) is 0 Å². The molecule has 0 aromatic carbocycles. The number of halogens is 1. The van der Waals surface area contributed by atoms with E-state index < -0.39 is 6.17 Å². The molecule has 0 radical (unpaired) electrons. The largest absolute Gasteiger partial charge is 0.303 e. The first-order valence-electron chi connectivity index (χ1n) is 3.61. The normalized spacial score (nSPS) is 27.3. The topological polar surface area (TPSA) is 3.24 Å². The van der Waals surface area contributed by atoms with Gasteiger partial charge in [-0.2, -0.15) is 0 Å². The summed E-state index contributed by atoms with van der Waals surface area (Å²) in [5.41, 5.74) is 0. The molecule has 0 unspecified atom stereocenters. The Bertz CT molecular complexity index is 57.9. The Labute approximate surface area is 56.9 Å². The quantitative estimate of drug-likeness (QED) is 0.486. The monoisotopic (exact) mass is 133 g/mol. The van der Waals surface area contributed by atoms with Crippen molar-refractivity contribution in [1.82, 2.24) is 4.90 Å². The van der Waals surface area contributed by atoms with Crippen LogP contribution in [-0.2, 0) is 0 Å². The van der Waals surface area contributed by atoms with Gasteiger partial charge in [0.25, 0.3) is 0 Å². The second-order valence-electron chi connectivity index (χ2n) is 2.15. The van der Waals surface area contributed by atoms with E-state index in [4.69, 9.17) is 0 Å². The van der Waals surface area contributed by atoms with Crippen LogP contribution in [0.1, 0.15) is 20.3 Å². The highest BCUT2D eigenvalue weighted by Gasteiger charge is 2.17. The van der Waals surface area contributed by atoms with Gasteiger partial charge in [0.05, 0.1) is 0 Å². The predicted octanol–water partition coefficient (Wildman–Crippen LogP) is 1.69. The molecule has 1 rings (SSSR count). The summed E-state index contributed by atoms with van der Waals surface area (Å²) in [6.07, 6.45) is 0.182. The molecule has 56 valence electrons. The maximum absolute atomic E-state index is 12.1. The molecule has 9 heavy (non-hydrogen) atoms. The zero-order valence-corrected chi connectivity index (χ0v) is 6.52. The van der Waals surface area contributed by atoms with Crippen molar-refractivity contribution in [2.75, 3.05) is 20.1 Å². The molecule has 1 atom stereocenters. The zero-order chi connectivity index (χ0) is 7.28. The fourth-order valence-corrected chi connectivity index (χ4v) is 0.881. The lowest BCUT2D eigenvalue weighted by molar-refractivity contribution is 0.321. The first kappa shape index (κ1) is 8.89. The van der Waals surface area contributed by atoms with Crippen LogP contribution in [0.2, 0.25) is 0 Å². The number of rotatable bonds is 0. The zero-order valence-electron chi connectivity index (χ0n) is 6.52. The van der Waals surface area contributed by atoms with E-state index in [-0.39, 0.29) is 0 Å². The van der Waals surface area contributed by atoms with Gasteiger partial charge >= 0.3 is 0 Å². The van der Waals surface area contributed by atoms with Gasteiger partial charge in [0.15, 0.2) is 0 Å². The van der Waals surface area contributed by atoms with Crippen LogP contribution in [0.25, 0.3) is 0 Å². The van der Waals surface area contributed by atoms with Crippen LogP contribution in [0, 0.1) is 0 Å². The summed E-state index contributed by atoms with van der Waals surface area (Å²) in [6.45, 7) is 5.57. The molecule has 0 saturated carbocycles. The smallest absolute Gasteiger partial charge is 0.114 e. The molecule has 1 saturated heterocycles. The Hall–Kier alpha value is -0.110. The molecule has 1 nitrogen and oxygen atoms in total. The molecule has 1 aliphatic heterocycles. The lowest BCUT2D eigenvalue weighted by Crippen LogP contribution is -2.13.